The summed E-state index contributed by atoms with van der Waals surface area (Å²) in [5, 5.41) is 34.1. The predicted molar refractivity (Wildman–Crippen MR) is 184 cm³/mol. The molecule has 0 bridgehead atoms. The summed E-state index contributed by atoms with van der Waals surface area (Å²) in [4.78, 5) is 103. The van der Waals surface area contributed by atoms with Gasteiger partial charge in [-0.05, 0) is 37.8 Å². The standard InChI is InChI=1S/C39H44O13/c1-6-9-23(41)15-16-38(5,18-51-27(43)10-7-2)19-52-28(44)12-8-11-22-13-14-24-20(3)29-32(35(47)31(24)33(22)45)37(49)39(50)25(34(29)46)17-26(42)30(21(4)40)36(39)48/h6-9,11,13-14,20,25,29-30,32,34,45-46,50H,2,10,12,15-19H2,1,3-5H3/t20-,25+,29+,30?,32?,34+,38?,39+/m0/s1. The molecule has 278 valence electrons. The Morgan fingerprint density at radius 3 is 2.27 bits per heavy atom. The van der Waals surface area contributed by atoms with Crippen molar-refractivity contribution >= 4 is 52.7 Å². The number of hydrogen-bond acceptors (Lipinski definition) is 13. The number of hydrogen-bond donors (Lipinski definition) is 3. The van der Waals surface area contributed by atoms with E-state index in [-0.39, 0.29) is 55.8 Å². The molecule has 13 nitrogen and oxygen atoms in total. The van der Waals surface area contributed by atoms with E-state index >= 15 is 0 Å². The average molecular weight is 721 g/mol. The molecule has 0 saturated heterocycles. The number of Topliss-reactive ketones (excluding diaryl/α,β-unsaturated/α-hetero) is 5. The van der Waals surface area contributed by atoms with Crippen molar-refractivity contribution in [3.05, 3.63) is 59.7 Å². The van der Waals surface area contributed by atoms with Crippen molar-refractivity contribution in [2.75, 3.05) is 13.2 Å². The highest BCUT2D eigenvalue weighted by molar-refractivity contribution is 6.31. The molecular weight excluding hydrogens is 676 g/mol. The molecule has 0 aliphatic heterocycles. The minimum absolute atomic E-state index is 0.0101. The molecule has 0 spiro atoms. The van der Waals surface area contributed by atoms with Gasteiger partial charge in [-0.3, -0.25) is 38.4 Å². The van der Waals surface area contributed by atoms with Crippen LogP contribution in [-0.4, -0.2) is 86.9 Å². The fourth-order valence-corrected chi connectivity index (χ4v) is 7.54. The Morgan fingerprint density at radius 2 is 1.67 bits per heavy atom. The van der Waals surface area contributed by atoms with Crippen LogP contribution >= 0.6 is 0 Å². The lowest BCUT2D eigenvalue weighted by molar-refractivity contribution is -0.189. The minimum Gasteiger partial charge on any atom is -0.507 e. The molecule has 1 aromatic rings. The maximum Gasteiger partial charge on any atom is 0.309 e. The Hall–Kier alpha value is -4.88. The van der Waals surface area contributed by atoms with Crippen LogP contribution in [0.25, 0.3) is 6.08 Å². The fourth-order valence-electron chi connectivity index (χ4n) is 7.54. The Labute approximate surface area is 300 Å². The number of phenolic OH excluding ortho intramolecular Hbond substituents is 1. The summed E-state index contributed by atoms with van der Waals surface area (Å²) in [6, 6.07) is 3.01. The van der Waals surface area contributed by atoms with E-state index in [0.29, 0.717) is 5.56 Å². The van der Waals surface area contributed by atoms with Crippen molar-refractivity contribution in [3.63, 3.8) is 0 Å². The highest BCUT2D eigenvalue weighted by Crippen LogP contribution is 2.54. The van der Waals surface area contributed by atoms with Gasteiger partial charge < -0.3 is 24.8 Å². The second-order valence-electron chi connectivity index (χ2n) is 14.2. The van der Waals surface area contributed by atoms with Crippen molar-refractivity contribution in [1.29, 1.82) is 0 Å². The SMILES string of the molecule is C=CCC(=O)OCC(C)(CCC(=O)C=CC)COC(=O)CC=Cc1ccc2c(c1O)C(=O)C1C(=O)[C@]3(O)C(=O)C(C(C)=O)C(=O)C[C@@H]3[C@@H](O)[C@@H]1[C@H]2C. The van der Waals surface area contributed by atoms with Gasteiger partial charge in [0.25, 0.3) is 0 Å². The van der Waals surface area contributed by atoms with E-state index in [0.717, 1.165) is 6.92 Å². The predicted octanol–water partition coefficient (Wildman–Crippen LogP) is 2.96. The molecule has 3 unspecified atom stereocenters. The van der Waals surface area contributed by atoms with Crippen LogP contribution < -0.4 is 0 Å². The van der Waals surface area contributed by atoms with Gasteiger partial charge in [-0.2, -0.15) is 0 Å². The van der Waals surface area contributed by atoms with E-state index in [2.05, 4.69) is 6.58 Å². The molecular formula is C39H44O13. The number of rotatable bonds is 14. The van der Waals surface area contributed by atoms with Crippen LogP contribution in [-0.2, 0) is 43.0 Å². The molecule has 52 heavy (non-hydrogen) atoms. The zero-order valence-corrected chi connectivity index (χ0v) is 29.6. The van der Waals surface area contributed by atoms with E-state index < -0.39 is 99.7 Å². The lowest BCUT2D eigenvalue weighted by atomic mass is 9.50. The van der Waals surface area contributed by atoms with E-state index in [4.69, 9.17) is 9.47 Å². The first kappa shape index (κ1) is 39.9. The monoisotopic (exact) mass is 720 g/mol. The van der Waals surface area contributed by atoms with Gasteiger partial charge in [0.1, 0.15) is 17.5 Å². The normalized spacial score (nSPS) is 28.1. The van der Waals surface area contributed by atoms with Crippen molar-refractivity contribution < 1.29 is 63.1 Å². The zero-order chi connectivity index (χ0) is 38.7. The molecule has 4 rings (SSSR count). The molecule has 2 fully saturated rings. The second-order valence-corrected chi connectivity index (χ2v) is 14.2. The van der Waals surface area contributed by atoms with Crippen LogP contribution in [0.3, 0.4) is 0 Å². The van der Waals surface area contributed by atoms with E-state index in [9.17, 15) is 53.7 Å². The smallest absolute Gasteiger partial charge is 0.309 e. The van der Waals surface area contributed by atoms with Crippen LogP contribution in [0.2, 0.25) is 0 Å². The third-order valence-electron chi connectivity index (χ3n) is 10.4. The Kier molecular flexibility index (Phi) is 12.1. The number of allylic oxidation sites excluding steroid dienone is 2. The first-order valence-corrected chi connectivity index (χ1v) is 17.1. The molecule has 0 amide bonds. The number of esters is 2. The van der Waals surface area contributed by atoms with Crippen LogP contribution in [0.1, 0.15) is 87.2 Å². The average Bonchev–Trinajstić information content (AvgIpc) is 3.08. The number of aliphatic hydroxyl groups is 2. The van der Waals surface area contributed by atoms with E-state index in [1.165, 1.54) is 36.4 Å². The van der Waals surface area contributed by atoms with Crippen LogP contribution in [0.4, 0.5) is 0 Å². The topological polar surface area (TPSA) is 216 Å². The number of fused-ring (bicyclic) bond motifs is 3. The first-order valence-electron chi connectivity index (χ1n) is 17.1. The maximum absolute atomic E-state index is 13.9. The number of ether oxygens (including phenoxy) is 2. The first-order chi connectivity index (χ1) is 24.4. The molecule has 3 N–H and O–H groups in total. The summed E-state index contributed by atoms with van der Waals surface area (Å²) < 4.78 is 10.7. The maximum atomic E-state index is 13.9. The highest BCUT2D eigenvalue weighted by Gasteiger charge is 2.69. The van der Waals surface area contributed by atoms with Crippen molar-refractivity contribution in [1.82, 2.24) is 0 Å². The van der Waals surface area contributed by atoms with Crippen molar-refractivity contribution in [2.45, 2.75) is 77.4 Å². The van der Waals surface area contributed by atoms with E-state index in [1.807, 2.05) is 0 Å². The highest BCUT2D eigenvalue weighted by atomic mass is 16.5. The molecule has 8 atom stereocenters. The summed E-state index contributed by atoms with van der Waals surface area (Å²) in [6.45, 7) is 9.24. The quantitative estimate of drug-likeness (QED) is 0.109. The summed E-state index contributed by atoms with van der Waals surface area (Å²) in [5.74, 6) is -14.1. The summed E-state index contributed by atoms with van der Waals surface area (Å²) in [6.07, 6.45) is 5.03. The zero-order valence-electron chi connectivity index (χ0n) is 29.6. The fraction of sp³-hybridized carbons (Fsp3) is 0.487. The van der Waals surface area contributed by atoms with E-state index in [1.54, 1.807) is 26.8 Å². The lowest BCUT2D eigenvalue weighted by Gasteiger charge is -2.53. The van der Waals surface area contributed by atoms with Gasteiger partial charge in [0.05, 0.1) is 43.6 Å². The third-order valence-corrected chi connectivity index (χ3v) is 10.4. The summed E-state index contributed by atoms with van der Waals surface area (Å²) >= 11 is 0. The van der Waals surface area contributed by atoms with Gasteiger partial charge in [0.2, 0.25) is 0 Å². The van der Waals surface area contributed by atoms with Crippen LogP contribution in [0.15, 0.2) is 43.0 Å². The number of aromatic hydroxyl groups is 1. The Bertz CT molecular complexity index is 1770. The largest absolute Gasteiger partial charge is 0.507 e. The summed E-state index contributed by atoms with van der Waals surface area (Å²) in [5.41, 5.74) is -3.67. The molecule has 0 radical (unpaired) electrons. The molecule has 1 aromatic carbocycles. The van der Waals surface area contributed by atoms with Crippen molar-refractivity contribution in [2.24, 2.45) is 29.1 Å². The third kappa shape index (κ3) is 7.51. The molecule has 0 heterocycles. The number of phenols is 1. The molecule has 0 aromatic heterocycles. The van der Waals surface area contributed by atoms with Gasteiger partial charge in [-0.1, -0.05) is 50.3 Å². The molecule has 2 saturated carbocycles. The van der Waals surface area contributed by atoms with Crippen LogP contribution in [0, 0.1) is 29.1 Å². The van der Waals surface area contributed by atoms with Gasteiger partial charge in [0, 0.05) is 35.7 Å². The number of aliphatic hydroxyl groups excluding tert-OH is 1. The molecule has 3 aliphatic rings. The number of carbonyl (C=O) groups is 8. The van der Waals surface area contributed by atoms with Crippen molar-refractivity contribution in [3.8, 4) is 5.75 Å². The second kappa shape index (κ2) is 15.8. The van der Waals surface area contributed by atoms with Gasteiger partial charge in [-0.25, -0.2) is 0 Å². The van der Waals surface area contributed by atoms with Gasteiger partial charge in [-0.15, -0.1) is 6.58 Å². The van der Waals surface area contributed by atoms with Gasteiger partial charge >= 0.3 is 11.9 Å². The summed E-state index contributed by atoms with van der Waals surface area (Å²) in [7, 11) is 0. The Morgan fingerprint density at radius 1 is 1.04 bits per heavy atom. The number of carbonyl (C=O) groups excluding carboxylic acids is 8. The van der Waals surface area contributed by atoms with Gasteiger partial charge in [0.15, 0.2) is 34.5 Å². The molecule has 13 heteroatoms. The molecule has 3 aliphatic carbocycles. The number of benzene rings is 1. The minimum atomic E-state index is -2.95. The lowest BCUT2D eigenvalue weighted by Crippen LogP contribution is -2.72. The number of ketones is 6. The Balaban J connectivity index is 1.52. The van der Waals surface area contributed by atoms with Crippen LogP contribution in [0.5, 0.6) is 5.75 Å².